The second kappa shape index (κ2) is 50.5. The van der Waals surface area contributed by atoms with E-state index in [0.717, 1.165) is 71.1 Å². The molecule has 3 aliphatic heterocycles. The molecule has 0 aromatic carbocycles. The van der Waals surface area contributed by atoms with E-state index in [1.54, 1.807) is 0 Å². The lowest BCUT2D eigenvalue weighted by Crippen LogP contribution is -2.70. The number of rotatable bonds is 55. The van der Waals surface area contributed by atoms with Crippen molar-refractivity contribution in [3.8, 4) is 0 Å². The molecule has 0 bridgehead atoms. The second-order valence-electron chi connectivity index (χ2n) is 26.5. The molecule has 0 saturated carbocycles. The van der Waals surface area contributed by atoms with Gasteiger partial charge < -0.3 is 100 Å². The van der Waals surface area contributed by atoms with Gasteiger partial charge in [0.2, 0.25) is 11.8 Å². The van der Waals surface area contributed by atoms with Crippen LogP contribution in [0, 0.1) is 0 Å². The van der Waals surface area contributed by atoms with E-state index in [4.69, 9.17) is 28.4 Å². The SMILES string of the molecule is CCCCC/C=C\C=C/CCCCCCCCCCCCC(=O)NC(COC1OC(CO)C(OC2OC(CO)C(O)C(OC3(C(=O)O)CC(O)C(NC(C)=O)C(C(O)C(O)CO)O3)C2O)C(O)C1O)C(O)CCCCCCCCCCCCCCCCCCCCCC. The van der Waals surface area contributed by atoms with Gasteiger partial charge >= 0.3 is 5.97 Å². The van der Waals surface area contributed by atoms with Gasteiger partial charge in [-0.2, -0.15) is 0 Å². The smallest absolute Gasteiger partial charge is 0.364 e. The zero-order valence-electron chi connectivity index (χ0n) is 56.9. The maximum Gasteiger partial charge on any atom is 0.364 e. The number of ether oxygens (including phenoxy) is 6. The van der Waals surface area contributed by atoms with E-state index in [-0.39, 0.29) is 18.9 Å². The molecule has 3 rings (SSSR count). The molecule has 544 valence electrons. The van der Waals surface area contributed by atoms with Crippen molar-refractivity contribution in [3.63, 3.8) is 0 Å². The first-order valence-electron chi connectivity index (χ1n) is 36.2. The number of allylic oxidation sites excluding steroid dienone is 4. The first kappa shape index (κ1) is 84.4. The van der Waals surface area contributed by atoms with Crippen LogP contribution in [0.5, 0.6) is 0 Å². The van der Waals surface area contributed by atoms with Gasteiger partial charge in [-0.15, -0.1) is 0 Å². The molecule has 3 saturated heterocycles. The lowest BCUT2D eigenvalue weighted by atomic mass is 9.88. The third-order valence-electron chi connectivity index (χ3n) is 18.4. The maximum absolute atomic E-state index is 13.5. The van der Waals surface area contributed by atoms with Gasteiger partial charge in [-0.25, -0.2) is 4.79 Å². The highest BCUT2D eigenvalue weighted by Crippen LogP contribution is 2.39. The largest absolute Gasteiger partial charge is 0.477 e. The van der Waals surface area contributed by atoms with Crippen LogP contribution >= 0.6 is 0 Å². The molecule has 23 nitrogen and oxygen atoms in total. The van der Waals surface area contributed by atoms with Gasteiger partial charge in [0.05, 0.1) is 50.7 Å². The summed E-state index contributed by atoms with van der Waals surface area (Å²) in [6.07, 6.45) is 21.6. The third kappa shape index (κ3) is 32.6. The van der Waals surface area contributed by atoms with Crippen molar-refractivity contribution in [2.45, 2.75) is 375 Å². The van der Waals surface area contributed by atoms with Crippen LogP contribution in [0.1, 0.15) is 265 Å². The molecule has 3 fully saturated rings. The summed E-state index contributed by atoms with van der Waals surface area (Å²) in [7, 11) is 0. The fourth-order valence-electron chi connectivity index (χ4n) is 12.6. The highest BCUT2D eigenvalue weighted by molar-refractivity contribution is 5.77. The average molecular weight is 1330 g/mol. The zero-order chi connectivity index (χ0) is 68.2. The number of amides is 2. The van der Waals surface area contributed by atoms with Gasteiger partial charge in [0.1, 0.15) is 67.1 Å². The second-order valence-corrected chi connectivity index (χ2v) is 26.5. The van der Waals surface area contributed by atoms with Crippen LogP contribution in [0.2, 0.25) is 0 Å². The molecule has 0 radical (unpaired) electrons. The average Bonchev–Trinajstić information content (AvgIpc) is 0.764. The van der Waals surface area contributed by atoms with Gasteiger partial charge in [0, 0.05) is 19.8 Å². The number of carbonyl (C=O) groups is 3. The van der Waals surface area contributed by atoms with Crippen LogP contribution in [0.3, 0.4) is 0 Å². The van der Waals surface area contributed by atoms with Crippen molar-refractivity contribution < 1.29 is 104 Å². The van der Waals surface area contributed by atoms with Gasteiger partial charge in [-0.05, 0) is 38.5 Å². The molecule has 14 N–H and O–H groups in total. The van der Waals surface area contributed by atoms with Crippen LogP contribution in [0.25, 0.3) is 0 Å². The molecule has 18 unspecified atom stereocenters. The Morgan fingerprint density at radius 1 is 0.559 bits per heavy atom. The molecule has 93 heavy (non-hydrogen) atoms. The number of hydrogen-bond acceptors (Lipinski definition) is 20. The highest BCUT2D eigenvalue weighted by atomic mass is 16.8. The number of hydrogen-bond donors (Lipinski definition) is 14. The predicted octanol–water partition coefficient (Wildman–Crippen LogP) is 7.23. The molecule has 3 heterocycles. The number of carboxylic acids is 1. The monoisotopic (exact) mass is 1330 g/mol. The molecule has 0 aliphatic carbocycles. The molecule has 18 atom stereocenters. The number of carbonyl (C=O) groups excluding carboxylic acids is 2. The molecule has 2 amide bonds. The fourth-order valence-corrected chi connectivity index (χ4v) is 12.6. The molecular weight excluding hydrogens is 1200 g/mol. The number of aliphatic hydroxyl groups excluding tert-OH is 11. The van der Waals surface area contributed by atoms with Crippen molar-refractivity contribution >= 4 is 17.8 Å². The molecule has 23 heteroatoms. The Morgan fingerprint density at radius 2 is 1.02 bits per heavy atom. The van der Waals surface area contributed by atoms with Crippen LogP contribution in [-0.2, 0) is 42.8 Å². The summed E-state index contributed by atoms with van der Waals surface area (Å²) in [6.45, 7) is 2.19. The summed E-state index contributed by atoms with van der Waals surface area (Å²) in [4.78, 5) is 38.6. The normalized spacial score (nSPS) is 28.2. The van der Waals surface area contributed by atoms with Crippen molar-refractivity contribution in [2.24, 2.45) is 0 Å². The summed E-state index contributed by atoms with van der Waals surface area (Å²) in [6, 6.07) is -2.53. The summed E-state index contributed by atoms with van der Waals surface area (Å²) in [5, 5.41) is 136. The summed E-state index contributed by atoms with van der Waals surface area (Å²) < 4.78 is 34.9. The fraction of sp³-hybridized carbons (Fsp3) is 0.900. The first-order valence-corrected chi connectivity index (χ1v) is 36.2. The quantitative estimate of drug-likeness (QED) is 0.0211. The predicted molar refractivity (Wildman–Crippen MR) is 352 cm³/mol. The topological polar surface area (TPSA) is 373 Å². The van der Waals surface area contributed by atoms with E-state index in [2.05, 4.69) is 48.8 Å². The number of unbranched alkanes of at least 4 members (excludes halogenated alkanes) is 32. The number of nitrogens with one attached hydrogen (secondary N) is 2. The summed E-state index contributed by atoms with van der Waals surface area (Å²) in [5.41, 5.74) is 0. The Hall–Kier alpha value is -2.79. The Balaban J connectivity index is 1.58. The molecule has 3 aliphatic rings. The highest BCUT2D eigenvalue weighted by Gasteiger charge is 2.60. The van der Waals surface area contributed by atoms with Gasteiger partial charge in [-0.1, -0.05) is 231 Å². The first-order chi connectivity index (χ1) is 44.9. The summed E-state index contributed by atoms with van der Waals surface area (Å²) >= 11 is 0. The van der Waals surface area contributed by atoms with E-state index in [0.29, 0.717) is 19.3 Å². The molecular formula is C70H128N2O21. The number of carboxylic acid groups (broad SMARTS) is 1. The minimum Gasteiger partial charge on any atom is -0.477 e. The van der Waals surface area contributed by atoms with Crippen LogP contribution < -0.4 is 10.6 Å². The van der Waals surface area contributed by atoms with Crippen molar-refractivity contribution in [2.75, 3.05) is 26.4 Å². The minimum atomic E-state index is -3.08. The lowest BCUT2D eigenvalue weighted by molar-refractivity contribution is -0.386. The van der Waals surface area contributed by atoms with Crippen molar-refractivity contribution in [1.29, 1.82) is 0 Å². The van der Waals surface area contributed by atoms with Crippen molar-refractivity contribution in [3.05, 3.63) is 24.3 Å². The van der Waals surface area contributed by atoms with Gasteiger partial charge in [0.15, 0.2) is 12.6 Å². The standard InChI is InChI=1S/C70H128N2O21/c1-4-6-8-10-12-14-16-18-20-22-24-26-27-29-31-33-35-37-39-41-43-52(77)51(72-57(80)44-42-40-38-36-34-32-30-28-25-23-21-19-17-15-13-11-9-7-5-2)49-88-67-62(84)61(83)64(56(48-75)90-67)91-68-63(85)66(60(82)55(47-74)89-68)93-70(69(86)87)45-53(78)58(71-50(3)76)65(92-70)59(81)54(79)46-73/h13,15,17,19,51-56,58-68,73-75,77-79,81-85H,4-12,14,16,18,20-49H2,1-3H3,(H,71,76)(H,72,80)(H,86,87)/b15-13-,19-17-. The maximum atomic E-state index is 13.5. The van der Waals surface area contributed by atoms with Crippen LogP contribution in [0.4, 0.5) is 0 Å². The number of aliphatic carboxylic acids is 1. The molecule has 0 spiro atoms. The summed E-state index contributed by atoms with van der Waals surface area (Å²) in [5.74, 6) is -6.10. The minimum absolute atomic E-state index is 0.220. The Morgan fingerprint density at radius 3 is 1.51 bits per heavy atom. The Bertz CT molecular complexity index is 1970. The van der Waals surface area contributed by atoms with E-state index in [9.17, 15) is 75.7 Å². The van der Waals surface area contributed by atoms with E-state index in [1.165, 1.54) is 148 Å². The Kier molecular flexibility index (Phi) is 45.9. The zero-order valence-corrected chi connectivity index (χ0v) is 56.9. The van der Waals surface area contributed by atoms with E-state index < -0.39 is 148 Å². The Labute approximate surface area is 555 Å². The lowest BCUT2D eigenvalue weighted by Gasteiger charge is -2.50. The molecule has 0 aromatic heterocycles. The van der Waals surface area contributed by atoms with Gasteiger partial charge in [0.25, 0.3) is 5.79 Å². The van der Waals surface area contributed by atoms with Crippen LogP contribution in [0.15, 0.2) is 24.3 Å². The van der Waals surface area contributed by atoms with E-state index in [1.807, 2.05) is 0 Å². The van der Waals surface area contributed by atoms with Gasteiger partial charge in [-0.3, -0.25) is 9.59 Å². The third-order valence-corrected chi connectivity index (χ3v) is 18.4. The molecule has 0 aromatic rings. The van der Waals surface area contributed by atoms with E-state index >= 15 is 0 Å². The number of aliphatic hydroxyl groups is 11. The van der Waals surface area contributed by atoms with Crippen molar-refractivity contribution in [1.82, 2.24) is 10.6 Å². The van der Waals surface area contributed by atoms with Crippen LogP contribution in [-0.4, -0.2) is 215 Å².